The third-order valence-corrected chi connectivity index (χ3v) is 1.89. The van der Waals surface area contributed by atoms with E-state index < -0.39 is 0 Å². The van der Waals surface area contributed by atoms with Crippen LogP contribution in [0.25, 0.3) is 0 Å². The van der Waals surface area contributed by atoms with E-state index in [0.717, 1.165) is 16.9 Å². The van der Waals surface area contributed by atoms with E-state index >= 15 is 0 Å². The summed E-state index contributed by atoms with van der Waals surface area (Å²) < 4.78 is 0. The average molecular weight is 148 g/mol. The van der Waals surface area contributed by atoms with Gasteiger partial charge in [-0.25, -0.2) is 4.98 Å². The van der Waals surface area contributed by atoms with E-state index in [1.165, 1.54) is 0 Å². The molecule has 1 aromatic rings. The maximum Gasteiger partial charge on any atom is 0.230 e. The number of nitrogens with one attached hydrogen (secondary N) is 1. The van der Waals surface area contributed by atoms with Crippen molar-refractivity contribution >= 4 is 11.7 Å². The Bertz CT molecular complexity index is 320. The third kappa shape index (κ3) is 0.888. The van der Waals surface area contributed by atoms with Crippen LogP contribution in [-0.4, -0.2) is 10.9 Å². The molecule has 0 saturated heterocycles. The largest absolute Gasteiger partial charge is 0.310 e. The lowest BCUT2D eigenvalue weighted by Crippen LogP contribution is -2.04. The van der Waals surface area contributed by atoms with E-state index in [-0.39, 0.29) is 5.91 Å². The monoisotopic (exact) mass is 148 g/mol. The zero-order valence-electron chi connectivity index (χ0n) is 6.22. The Morgan fingerprint density at radius 2 is 2.45 bits per heavy atom. The van der Waals surface area contributed by atoms with Gasteiger partial charge in [-0.2, -0.15) is 0 Å². The van der Waals surface area contributed by atoms with Crippen molar-refractivity contribution in [3.63, 3.8) is 0 Å². The number of carbonyl (C=O) groups excluding carboxylic acids is 1. The molecule has 0 atom stereocenters. The normalized spacial score (nSPS) is 14.5. The molecule has 1 aliphatic rings. The van der Waals surface area contributed by atoms with Gasteiger partial charge < -0.3 is 5.32 Å². The molecule has 1 N–H and O–H groups in total. The summed E-state index contributed by atoms with van der Waals surface area (Å²) in [6.07, 6.45) is 2.19. The van der Waals surface area contributed by atoms with Crippen molar-refractivity contribution < 1.29 is 4.79 Å². The molecular formula is C8H8N2O. The van der Waals surface area contributed by atoms with Crippen LogP contribution in [0.5, 0.6) is 0 Å². The summed E-state index contributed by atoms with van der Waals surface area (Å²) in [6, 6.07) is 1.92. The summed E-state index contributed by atoms with van der Waals surface area (Å²) in [5.41, 5.74) is 2.17. The molecule has 56 valence electrons. The fraction of sp³-hybridized carbons (Fsp3) is 0.250. The molecule has 0 aromatic carbocycles. The van der Waals surface area contributed by atoms with Crippen molar-refractivity contribution in [1.29, 1.82) is 0 Å². The van der Waals surface area contributed by atoms with Crippen LogP contribution in [0.4, 0.5) is 5.82 Å². The second kappa shape index (κ2) is 2.05. The molecule has 1 aromatic heterocycles. The van der Waals surface area contributed by atoms with E-state index in [0.29, 0.717) is 6.42 Å². The Kier molecular flexibility index (Phi) is 1.18. The standard InChI is InChI=1S/C8H8N2O/c1-5-2-3-9-8-6(5)4-7(11)10-8/h2-3H,4H2,1H3,(H,9,10,11). The minimum Gasteiger partial charge on any atom is -0.310 e. The minimum absolute atomic E-state index is 0.0433. The SMILES string of the molecule is Cc1ccnc2c1CC(=O)N2. The van der Waals surface area contributed by atoms with Crippen LogP contribution in [0.1, 0.15) is 11.1 Å². The smallest absolute Gasteiger partial charge is 0.230 e. The van der Waals surface area contributed by atoms with Crippen molar-refractivity contribution in [2.24, 2.45) is 0 Å². The molecule has 0 saturated carbocycles. The summed E-state index contributed by atoms with van der Waals surface area (Å²) in [6.45, 7) is 1.99. The maximum atomic E-state index is 10.9. The first-order valence-electron chi connectivity index (χ1n) is 3.52. The van der Waals surface area contributed by atoms with Gasteiger partial charge in [0, 0.05) is 11.8 Å². The van der Waals surface area contributed by atoms with Gasteiger partial charge in [0.2, 0.25) is 5.91 Å². The first-order valence-corrected chi connectivity index (χ1v) is 3.52. The Morgan fingerprint density at radius 1 is 1.64 bits per heavy atom. The van der Waals surface area contributed by atoms with E-state index in [2.05, 4.69) is 10.3 Å². The van der Waals surface area contributed by atoms with E-state index in [1.54, 1.807) is 6.20 Å². The number of nitrogens with zero attached hydrogens (tertiary/aromatic N) is 1. The van der Waals surface area contributed by atoms with Gasteiger partial charge in [-0.05, 0) is 18.6 Å². The molecule has 0 bridgehead atoms. The molecule has 0 aliphatic carbocycles. The lowest BCUT2D eigenvalue weighted by atomic mass is 10.1. The number of aryl methyl sites for hydroxylation is 1. The molecule has 1 aliphatic heterocycles. The number of rotatable bonds is 0. The fourth-order valence-corrected chi connectivity index (χ4v) is 1.26. The summed E-state index contributed by atoms with van der Waals surface area (Å²) in [7, 11) is 0. The van der Waals surface area contributed by atoms with Crippen LogP contribution in [0.3, 0.4) is 0 Å². The van der Waals surface area contributed by atoms with Gasteiger partial charge >= 0.3 is 0 Å². The number of hydrogen-bond acceptors (Lipinski definition) is 2. The number of pyridine rings is 1. The zero-order valence-corrected chi connectivity index (χ0v) is 6.22. The maximum absolute atomic E-state index is 10.9. The molecule has 11 heavy (non-hydrogen) atoms. The number of hydrogen-bond donors (Lipinski definition) is 1. The molecule has 0 fully saturated rings. The van der Waals surface area contributed by atoms with Crippen LogP contribution in [0, 0.1) is 6.92 Å². The zero-order chi connectivity index (χ0) is 7.84. The summed E-state index contributed by atoms with van der Waals surface area (Å²) >= 11 is 0. The molecular weight excluding hydrogens is 140 g/mol. The first kappa shape index (κ1) is 6.34. The number of carbonyl (C=O) groups is 1. The number of fused-ring (bicyclic) bond motifs is 1. The second-order valence-electron chi connectivity index (χ2n) is 2.68. The van der Waals surface area contributed by atoms with Gasteiger partial charge in [-0.15, -0.1) is 0 Å². The lowest BCUT2D eigenvalue weighted by molar-refractivity contribution is -0.115. The van der Waals surface area contributed by atoms with Crippen LogP contribution in [0.2, 0.25) is 0 Å². The van der Waals surface area contributed by atoms with E-state index in [9.17, 15) is 4.79 Å². The Morgan fingerprint density at radius 3 is 3.18 bits per heavy atom. The lowest BCUT2D eigenvalue weighted by Gasteiger charge is -1.98. The number of aromatic nitrogens is 1. The molecule has 2 heterocycles. The summed E-state index contributed by atoms with van der Waals surface area (Å²) in [4.78, 5) is 14.9. The fourth-order valence-electron chi connectivity index (χ4n) is 1.26. The third-order valence-electron chi connectivity index (χ3n) is 1.89. The van der Waals surface area contributed by atoms with Gasteiger partial charge in [-0.1, -0.05) is 0 Å². The van der Waals surface area contributed by atoms with Gasteiger partial charge in [0.05, 0.1) is 6.42 Å². The molecule has 0 radical (unpaired) electrons. The highest BCUT2D eigenvalue weighted by molar-refractivity contribution is 5.98. The van der Waals surface area contributed by atoms with Crippen molar-refractivity contribution in [2.45, 2.75) is 13.3 Å². The molecule has 1 amide bonds. The number of amides is 1. The van der Waals surface area contributed by atoms with E-state index in [4.69, 9.17) is 0 Å². The number of anilines is 1. The van der Waals surface area contributed by atoms with Crippen molar-refractivity contribution in [1.82, 2.24) is 4.98 Å². The topological polar surface area (TPSA) is 42.0 Å². The highest BCUT2D eigenvalue weighted by Crippen LogP contribution is 2.22. The molecule has 2 rings (SSSR count). The van der Waals surface area contributed by atoms with Crippen LogP contribution in [0.15, 0.2) is 12.3 Å². The van der Waals surface area contributed by atoms with Gasteiger partial charge in [0.1, 0.15) is 5.82 Å². The molecule has 0 unspecified atom stereocenters. The highest BCUT2D eigenvalue weighted by atomic mass is 16.1. The Hall–Kier alpha value is -1.38. The van der Waals surface area contributed by atoms with Crippen LogP contribution >= 0.6 is 0 Å². The Balaban J connectivity index is 2.57. The predicted octanol–water partition coefficient (Wildman–Crippen LogP) is 0.885. The minimum atomic E-state index is 0.0433. The van der Waals surface area contributed by atoms with Crippen LogP contribution in [-0.2, 0) is 11.2 Å². The van der Waals surface area contributed by atoms with Crippen molar-refractivity contribution in [3.05, 3.63) is 23.4 Å². The quantitative estimate of drug-likeness (QED) is 0.593. The molecule has 3 nitrogen and oxygen atoms in total. The molecule has 3 heteroatoms. The van der Waals surface area contributed by atoms with Crippen molar-refractivity contribution in [3.8, 4) is 0 Å². The van der Waals surface area contributed by atoms with Gasteiger partial charge in [-0.3, -0.25) is 4.79 Å². The van der Waals surface area contributed by atoms with Gasteiger partial charge in [0.25, 0.3) is 0 Å². The summed E-state index contributed by atoms with van der Waals surface area (Å²) in [5, 5.41) is 2.69. The van der Waals surface area contributed by atoms with Crippen LogP contribution < -0.4 is 5.32 Å². The average Bonchev–Trinajstić information content (AvgIpc) is 2.31. The molecule has 0 spiro atoms. The van der Waals surface area contributed by atoms with Gasteiger partial charge in [0.15, 0.2) is 0 Å². The van der Waals surface area contributed by atoms with Crippen molar-refractivity contribution in [2.75, 3.05) is 5.32 Å². The Labute approximate surface area is 64.5 Å². The summed E-state index contributed by atoms with van der Waals surface area (Å²) in [5.74, 6) is 0.775. The van der Waals surface area contributed by atoms with E-state index in [1.807, 2.05) is 13.0 Å². The second-order valence-corrected chi connectivity index (χ2v) is 2.68. The highest BCUT2D eigenvalue weighted by Gasteiger charge is 2.19. The predicted molar refractivity (Wildman–Crippen MR) is 41.3 cm³/mol. The first-order chi connectivity index (χ1) is 5.27.